The molecule has 0 aromatic rings. The molecule has 196 valence electrons. The van der Waals surface area contributed by atoms with E-state index in [9.17, 15) is 24.2 Å². The van der Waals surface area contributed by atoms with Crippen LogP contribution in [-0.2, 0) is 27.9 Å². The SMILES string of the molecule is CCCCCCCCCCCCCCCC(=O)OC[C@@H](O)COP(=O)(O)OC[C@H](N)C(=O)O. The van der Waals surface area contributed by atoms with E-state index in [1.807, 2.05) is 0 Å². The second kappa shape index (κ2) is 20.4. The second-order valence-electron chi connectivity index (χ2n) is 8.33. The molecule has 0 aromatic carbocycles. The summed E-state index contributed by atoms with van der Waals surface area (Å²) in [4.78, 5) is 31.7. The van der Waals surface area contributed by atoms with Crippen molar-refractivity contribution in [2.24, 2.45) is 5.73 Å². The zero-order chi connectivity index (χ0) is 25.0. The lowest BCUT2D eigenvalue weighted by Crippen LogP contribution is -2.34. The van der Waals surface area contributed by atoms with Crippen LogP contribution in [0.4, 0.5) is 0 Å². The Bertz CT molecular complexity index is 562. The molecule has 0 aromatic heterocycles. The van der Waals surface area contributed by atoms with Crippen LogP contribution in [0, 0.1) is 0 Å². The van der Waals surface area contributed by atoms with Crippen molar-refractivity contribution >= 4 is 19.8 Å². The van der Waals surface area contributed by atoms with Gasteiger partial charge in [0, 0.05) is 6.42 Å². The Labute approximate surface area is 197 Å². The summed E-state index contributed by atoms with van der Waals surface area (Å²) >= 11 is 0. The fraction of sp³-hybridized carbons (Fsp3) is 0.909. The number of carbonyl (C=O) groups is 2. The molecular weight excluding hydrogens is 453 g/mol. The maximum atomic E-state index is 11.7. The molecule has 0 aliphatic rings. The molecule has 0 bridgehead atoms. The summed E-state index contributed by atoms with van der Waals surface area (Å²) in [6.45, 7) is 0.495. The van der Waals surface area contributed by atoms with Gasteiger partial charge in [-0.2, -0.15) is 0 Å². The Balaban J connectivity index is 3.60. The number of carboxylic acids is 1. The first kappa shape index (κ1) is 32.0. The Hall–Kier alpha value is -1.03. The zero-order valence-electron chi connectivity index (χ0n) is 20.0. The highest BCUT2D eigenvalue weighted by Gasteiger charge is 2.26. The van der Waals surface area contributed by atoms with Gasteiger partial charge in [-0.25, -0.2) is 4.57 Å². The molecule has 0 aliphatic heterocycles. The van der Waals surface area contributed by atoms with E-state index in [0.717, 1.165) is 12.8 Å². The highest BCUT2D eigenvalue weighted by atomic mass is 31.2. The van der Waals surface area contributed by atoms with E-state index in [-0.39, 0.29) is 13.0 Å². The van der Waals surface area contributed by atoms with E-state index in [1.165, 1.54) is 64.2 Å². The molecule has 0 saturated carbocycles. The number of hydrogen-bond acceptors (Lipinski definition) is 8. The zero-order valence-corrected chi connectivity index (χ0v) is 20.9. The van der Waals surface area contributed by atoms with Crippen LogP contribution >= 0.6 is 7.82 Å². The van der Waals surface area contributed by atoms with Crippen LogP contribution in [0.1, 0.15) is 96.8 Å². The van der Waals surface area contributed by atoms with Crippen LogP contribution in [-0.4, -0.2) is 59.0 Å². The molecule has 5 N–H and O–H groups in total. The van der Waals surface area contributed by atoms with E-state index in [2.05, 4.69) is 16.0 Å². The largest absolute Gasteiger partial charge is 0.480 e. The van der Waals surface area contributed by atoms with Crippen molar-refractivity contribution in [3.63, 3.8) is 0 Å². The lowest BCUT2D eigenvalue weighted by molar-refractivity contribution is -0.147. The maximum Gasteiger partial charge on any atom is 0.472 e. The van der Waals surface area contributed by atoms with Crippen LogP contribution in [0.25, 0.3) is 0 Å². The highest BCUT2D eigenvalue weighted by Crippen LogP contribution is 2.43. The third-order valence-corrected chi connectivity index (χ3v) is 6.04. The first-order chi connectivity index (χ1) is 15.7. The van der Waals surface area contributed by atoms with E-state index in [1.54, 1.807) is 0 Å². The van der Waals surface area contributed by atoms with Crippen molar-refractivity contribution in [2.75, 3.05) is 19.8 Å². The minimum atomic E-state index is -4.58. The number of esters is 1. The van der Waals surface area contributed by atoms with Crippen molar-refractivity contribution in [2.45, 2.75) is 109 Å². The van der Waals surface area contributed by atoms with E-state index in [4.69, 9.17) is 15.6 Å². The fourth-order valence-electron chi connectivity index (χ4n) is 3.06. The summed E-state index contributed by atoms with van der Waals surface area (Å²) in [6.07, 6.45) is 14.7. The summed E-state index contributed by atoms with van der Waals surface area (Å²) in [5.74, 6) is -1.85. The average molecular weight is 498 g/mol. The van der Waals surface area contributed by atoms with Gasteiger partial charge in [0.05, 0.1) is 13.2 Å². The van der Waals surface area contributed by atoms with Gasteiger partial charge in [0.1, 0.15) is 18.8 Å². The van der Waals surface area contributed by atoms with Gasteiger partial charge < -0.3 is 25.6 Å². The molecule has 11 heteroatoms. The number of phosphoric ester groups is 1. The number of ether oxygens (including phenoxy) is 1. The van der Waals surface area contributed by atoms with Crippen LogP contribution in [0.15, 0.2) is 0 Å². The Morgan fingerprint density at radius 1 is 0.818 bits per heavy atom. The summed E-state index contributed by atoms with van der Waals surface area (Å²) in [7, 11) is -4.58. The molecule has 0 fully saturated rings. The van der Waals surface area contributed by atoms with E-state index >= 15 is 0 Å². The first-order valence-electron chi connectivity index (χ1n) is 12.1. The summed E-state index contributed by atoms with van der Waals surface area (Å²) in [5, 5.41) is 18.3. The van der Waals surface area contributed by atoms with Gasteiger partial charge in [-0.1, -0.05) is 84.0 Å². The fourth-order valence-corrected chi connectivity index (χ4v) is 3.84. The van der Waals surface area contributed by atoms with Crippen LogP contribution < -0.4 is 5.73 Å². The van der Waals surface area contributed by atoms with Gasteiger partial charge in [-0.3, -0.25) is 18.6 Å². The molecule has 0 radical (unpaired) electrons. The number of aliphatic carboxylic acids is 1. The van der Waals surface area contributed by atoms with Gasteiger partial charge in [-0.05, 0) is 6.42 Å². The smallest absolute Gasteiger partial charge is 0.472 e. The van der Waals surface area contributed by atoms with Gasteiger partial charge in [0.2, 0.25) is 0 Å². The van der Waals surface area contributed by atoms with E-state index < -0.39 is 45.1 Å². The normalized spacial score (nSPS) is 15.0. The summed E-state index contributed by atoms with van der Waals surface area (Å²) in [5.41, 5.74) is 5.15. The molecule has 0 spiro atoms. The molecule has 0 rings (SSSR count). The molecule has 1 unspecified atom stereocenters. The monoisotopic (exact) mass is 497 g/mol. The number of aliphatic hydroxyl groups is 1. The lowest BCUT2D eigenvalue weighted by Gasteiger charge is -2.16. The number of carboxylic acid groups (broad SMARTS) is 1. The number of carbonyl (C=O) groups excluding carboxylic acids is 1. The van der Waals surface area contributed by atoms with Crippen molar-refractivity contribution < 1.29 is 43.0 Å². The summed E-state index contributed by atoms with van der Waals surface area (Å²) < 4.78 is 25.5. The molecule has 0 saturated heterocycles. The van der Waals surface area contributed by atoms with Crippen molar-refractivity contribution in [1.82, 2.24) is 0 Å². The van der Waals surface area contributed by atoms with Gasteiger partial charge in [-0.15, -0.1) is 0 Å². The van der Waals surface area contributed by atoms with Crippen molar-refractivity contribution in [1.29, 1.82) is 0 Å². The Morgan fingerprint density at radius 2 is 1.27 bits per heavy atom. The third-order valence-electron chi connectivity index (χ3n) is 5.09. The van der Waals surface area contributed by atoms with Gasteiger partial charge >= 0.3 is 19.8 Å². The molecule has 33 heavy (non-hydrogen) atoms. The predicted molar refractivity (Wildman–Crippen MR) is 125 cm³/mol. The van der Waals surface area contributed by atoms with Crippen LogP contribution in [0.3, 0.4) is 0 Å². The number of nitrogens with two attached hydrogens (primary N) is 1. The number of phosphoric acid groups is 1. The van der Waals surface area contributed by atoms with Crippen LogP contribution in [0.2, 0.25) is 0 Å². The molecular formula is C22H44NO9P. The quantitative estimate of drug-likeness (QED) is 0.0923. The third kappa shape index (κ3) is 21.3. The first-order valence-corrected chi connectivity index (χ1v) is 13.6. The number of hydrogen-bond donors (Lipinski definition) is 4. The number of rotatable bonds is 23. The molecule has 0 aliphatic carbocycles. The van der Waals surface area contributed by atoms with Gasteiger partial charge in [0.15, 0.2) is 0 Å². The standard InChI is InChI=1S/C22H44NO9P/c1-2-3-4-5-6-7-8-9-10-11-12-13-14-15-21(25)30-16-19(24)17-31-33(28,29)32-18-20(23)22(26)27/h19-20,24H,2-18,23H2,1H3,(H,26,27)(H,28,29)/t19-,20+/m1/s1. The molecule has 0 heterocycles. The Kier molecular flexibility index (Phi) is 19.7. The van der Waals surface area contributed by atoms with E-state index in [0.29, 0.717) is 6.42 Å². The minimum Gasteiger partial charge on any atom is -0.480 e. The van der Waals surface area contributed by atoms with Gasteiger partial charge in [0.25, 0.3) is 0 Å². The average Bonchev–Trinajstić information content (AvgIpc) is 2.77. The molecule has 0 amide bonds. The van der Waals surface area contributed by atoms with Crippen LogP contribution in [0.5, 0.6) is 0 Å². The van der Waals surface area contributed by atoms with Crippen molar-refractivity contribution in [3.05, 3.63) is 0 Å². The Morgan fingerprint density at radius 3 is 1.76 bits per heavy atom. The summed E-state index contributed by atoms with van der Waals surface area (Å²) in [6, 6.07) is -1.48. The number of aliphatic hydroxyl groups excluding tert-OH is 1. The predicted octanol–water partition coefficient (Wildman–Crippen LogP) is 3.92. The van der Waals surface area contributed by atoms with Crippen molar-refractivity contribution in [3.8, 4) is 0 Å². The number of unbranched alkanes of at least 4 members (excludes halogenated alkanes) is 12. The topological polar surface area (TPSA) is 166 Å². The molecule has 10 nitrogen and oxygen atoms in total. The second-order valence-corrected chi connectivity index (χ2v) is 9.79. The minimum absolute atomic E-state index is 0.250. The molecule has 3 atom stereocenters. The lowest BCUT2D eigenvalue weighted by atomic mass is 10.0. The maximum absolute atomic E-state index is 11.7. The highest BCUT2D eigenvalue weighted by molar-refractivity contribution is 7.47.